The van der Waals surface area contributed by atoms with E-state index in [2.05, 4.69) is 36.2 Å². The molecule has 146 valence electrons. The van der Waals surface area contributed by atoms with Gasteiger partial charge in [-0.15, -0.1) is 0 Å². The molecule has 0 spiro atoms. The molecule has 7 nitrogen and oxygen atoms in total. The Kier molecular flexibility index (Phi) is 3.92. The van der Waals surface area contributed by atoms with Crippen molar-refractivity contribution >= 4 is 39.4 Å². The number of pyridine rings is 2. The number of hydrogen-bond acceptors (Lipinski definition) is 6. The highest BCUT2D eigenvalue weighted by Crippen LogP contribution is 2.40. The maximum Gasteiger partial charge on any atom is 0.140 e. The number of fused-ring (bicyclic) bond motifs is 2. The lowest BCUT2D eigenvalue weighted by Gasteiger charge is -2.42. The van der Waals surface area contributed by atoms with Crippen LogP contribution >= 0.6 is 11.6 Å². The molecule has 6 rings (SSSR count). The first-order valence-corrected chi connectivity index (χ1v) is 10.3. The van der Waals surface area contributed by atoms with Crippen LogP contribution in [0, 0.1) is 5.92 Å². The molecule has 2 aliphatic rings. The molecule has 1 saturated carbocycles. The fourth-order valence-corrected chi connectivity index (χ4v) is 4.73. The summed E-state index contributed by atoms with van der Waals surface area (Å²) in [6, 6.07) is 6.66. The third-order valence-electron chi connectivity index (χ3n) is 6.12. The van der Waals surface area contributed by atoms with Crippen LogP contribution in [0.25, 0.3) is 21.9 Å². The van der Waals surface area contributed by atoms with Gasteiger partial charge < -0.3 is 15.2 Å². The van der Waals surface area contributed by atoms with Gasteiger partial charge in [-0.25, -0.2) is 15.0 Å². The van der Waals surface area contributed by atoms with Crippen molar-refractivity contribution in [3.8, 4) is 0 Å². The van der Waals surface area contributed by atoms with E-state index in [4.69, 9.17) is 16.6 Å². The molecule has 2 fully saturated rings. The van der Waals surface area contributed by atoms with Crippen molar-refractivity contribution in [2.24, 2.45) is 5.92 Å². The minimum Gasteiger partial charge on any atom is -0.346 e. The standard InChI is InChI=1S/C21H20ClN7/c22-19-7-15-13(4-6-24-20(15)28-19)18-9-25-17(12-1-2-12)10-29(18)21-14-3-5-23-8-16(14)26-11-27-21/h3-8,11-12,17-18,25H,1-2,9-10H2,(H,24,28). The highest BCUT2D eigenvalue weighted by molar-refractivity contribution is 6.30. The quantitative estimate of drug-likeness (QED) is 0.543. The Balaban J connectivity index is 1.50. The second-order valence-electron chi connectivity index (χ2n) is 7.89. The van der Waals surface area contributed by atoms with Crippen LogP contribution in [0.3, 0.4) is 0 Å². The minimum absolute atomic E-state index is 0.119. The van der Waals surface area contributed by atoms with Gasteiger partial charge >= 0.3 is 0 Å². The average Bonchev–Trinajstić information content (AvgIpc) is 3.53. The second kappa shape index (κ2) is 6.64. The molecular weight excluding hydrogens is 386 g/mol. The largest absolute Gasteiger partial charge is 0.346 e. The van der Waals surface area contributed by atoms with E-state index in [1.807, 2.05) is 18.3 Å². The van der Waals surface area contributed by atoms with Gasteiger partial charge in [0.1, 0.15) is 22.9 Å². The summed E-state index contributed by atoms with van der Waals surface area (Å²) in [6.07, 6.45) is 9.70. The normalized spacial score (nSPS) is 22.4. The lowest BCUT2D eigenvalue weighted by Crippen LogP contribution is -2.53. The number of nitrogens with zero attached hydrogens (tertiary/aromatic N) is 5. The SMILES string of the molecule is Clc1cc2c(C3CNC(C4CC4)CN3c3ncnc4cnccc34)ccnc2[nH]1. The van der Waals surface area contributed by atoms with E-state index in [0.29, 0.717) is 11.2 Å². The number of anilines is 1. The zero-order chi connectivity index (χ0) is 19.4. The topological polar surface area (TPSA) is 82.6 Å². The van der Waals surface area contributed by atoms with Crippen LogP contribution in [-0.4, -0.2) is 44.1 Å². The van der Waals surface area contributed by atoms with Crippen LogP contribution in [-0.2, 0) is 0 Å². The number of hydrogen-bond donors (Lipinski definition) is 2. The predicted molar refractivity (Wildman–Crippen MR) is 113 cm³/mol. The first-order valence-electron chi connectivity index (χ1n) is 9.96. The number of piperazine rings is 1. The predicted octanol–water partition coefficient (Wildman–Crippen LogP) is 3.48. The van der Waals surface area contributed by atoms with Crippen LogP contribution in [0.2, 0.25) is 5.15 Å². The van der Waals surface area contributed by atoms with Gasteiger partial charge in [0.05, 0.1) is 17.8 Å². The van der Waals surface area contributed by atoms with Crippen LogP contribution < -0.4 is 10.2 Å². The van der Waals surface area contributed by atoms with Gasteiger partial charge in [0.15, 0.2) is 0 Å². The van der Waals surface area contributed by atoms with Gasteiger partial charge in [-0.1, -0.05) is 11.6 Å². The van der Waals surface area contributed by atoms with Crippen molar-refractivity contribution in [2.45, 2.75) is 24.9 Å². The summed E-state index contributed by atoms with van der Waals surface area (Å²) < 4.78 is 0. The van der Waals surface area contributed by atoms with Gasteiger partial charge in [-0.05, 0) is 42.5 Å². The molecule has 0 aromatic carbocycles. The van der Waals surface area contributed by atoms with Crippen molar-refractivity contribution in [1.29, 1.82) is 0 Å². The fraction of sp³-hybridized carbons (Fsp3) is 0.333. The van der Waals surface area contributed by atoms with E-state index in [-0.39, 0.29) is 6.04 Å². The van der Waals surface area contributed by atoms with Crippen LogP contribution in [0.15, 0.2) is 43.1 Å². The minimum atomic E-state index is 0.119. The maximum absolute atomic E-state index is 6.25. The zero-order valence-electron chi connectivity index (χ0n) is 15.7. The number of nitrogens with one attached hydrogen (secondary N) is 2. The van der Waals surface area contributed by atoms with E-state index in [0.717, 1.165) is 46.8 Å². The second-order valence-corrected chi connectivity index (χ2v) is 8.30. The maximum atomic E-state index is 6.25. The summed E-state index contributed by atoms with van der Waals surface area (Å²) in [6.45, 7) is 1.76. The molecule has 2 N–H and O–H groups in total. The van der Waals surface area contributed by atoms with E-state index >= 15 is 0 Å². The van der Waals surface area contributed by atoms with E-state index in [1.165, 1.54) is 18.4 Å². The Bertz CT molecular complexity index is 1200. The summed E-state index contributed by atoms with van der Waals surface area (Å²) >= 11 is 6.25. The van der Waals surface area contributed by atoms with E-state index < -0.39 is 0 Å². The Labute approximate surface area is 172 Å². The summed E-state index contributed by atoms with van der Waals surface area (Å²) in [5.41, 5.74) is 2.87. The zero-order valence-corrected chi connectivity index (χ0v) is 16.5. The molecule has 5 heterocycles. The van der Waals surface area contributed by atoms with Crippen molar-refractivity contribution in [2.75, 3.05) is 18.0 Å². The third-order valence-corrected chi connectivity index (χ3v) is 6.32. The first-order chi connectivity index (χ1) is 14.3. The highest BCUT2D eigenvalue weighted by atomic mass is 35.5. The molecule has 0 amide bonds. The van der Waals surface area contributed by atoms with Crippen LogP contribution in [0.4, 0.5) is 5.82 Å². The van der Waals surface area contributed by atoms with Gasteiger partial charge in [-0.3, -0.25) is 4.98 Å². The van der Waals surface area contributed by atoms with Crippen LogP contribution in [0.5, 0.6) is 0 Å². The smallest absolute Gasteiger partial charge is 0.140 e. The van der Waals surface area contributed by atoms with E-state index in [1.54, 1.807) is 18.7 Å². The Morgan fingerprint density at radius 1 is 1.07 bits per heavy atom. The molecule has 1 aliphatic carbocycles. The molecule has 0 radical (unpaired) electrons. The molecule has 4 aromatic rings. The van der Waals surface area contributed by atoms with Gasteiger partial charge in [0.25, 0.3) is 0 Å². The molecule has 1 aliphatic heterocycles. The molecule has 1 saturated heterocycles. The summed E-state index contributed by atoms with van der Waals surface area (Å²) in [5.74, 6) is 1.72. The third kappa shape index (κ3) is 2.92. The van der Waals surface area contributed by atoms with Gasteiger partial charge in [-0.2, -0.15) is 0 Å². The lowest BCUT2D eigenvalue weighted by atomic mass is 9.97. The fourth-order valence-electron chi connectivity index (χ4n) is 4.53. The Morgan fingerprint density at radius 2 is 2.00 bits per heavy atom. The number of aromatic amines is 1. The average molecular weight is 406 g/mol. The molecule has 29 heavy (non-hydrogen) atoms. The van der Waals surface area contributed by atoms with Gasteiger partial charge in [0.2, 0.25) is 0 Å². The summed E-state index contributed by atoms with van der Waals surface area (Å²) in [5, 5.41) is 6.47. The number of H-pyrrole nitrogens is 1. The molecule has 4 aromatic heterocycles. The first kappa shape index (κ1) is 17.1. The van der Waals surface area contributed by atoms with Crippen molar-refractivity contribution in [3.05, 3.63) is 53.8 Å². The monoisotopic (exact) mass is 405 g/mol. The molecule has 2 unspecified atom stereocenters. The Hall–Kier alpha value is -2.77. The van der Waals surface area contributed by atoms with Crippen molar-refractivity contribution < 1.29 is 0 Å². The van der Waals surface area contributed by atoms with Crippen molar-refractivity contribution in [1.82, 2.24) is 30.2 Å². The lowest BCUT2D eigenvalue weighted by molar-refractivity contribution is 0.368. The Morgan fingerprint density at radius 3 is 2.90 bits per heavy atom. The van der Waals surface area contributed by atoms with Gasteiger partial charge in [0, 0.05) is 42.3 Å². The summed E-state index contributed by atoms with van der Waals surface area (Å²) in [7, 11) is 0. The summed E-state index contributed by atoms with van der Waals surface area (Å²) in [4.78, 5) is 23.4. The van der Waals surface area contributed by atoms with E-state index in [9.17, 15) is 0 Å². The molecular formula is C21H20ClN7. The van der Waals surface area contributed by atoms with Crippen LogP contribution in [0.1, 0.15) is 24.4 Å². The molecule has 2 atom stereocenters. The molecule has 0 bridgehead atoms. The number of rotatable bonds is 3. The van der Waals surface area contributed by atoms with Crippen molar-refractivity contribution in [3.63, 3.8) is 0 Å². The highest BCUT2D eigenvalue weighted by Gasteiger charge is 2.39. The number of halogens is 1. The number of aromatic nitrogens is 5. The molecule has 8 heteroatoms.